The summed E-state index contributed by atoms with van der Waals surface area (Å²) in [6.45, 7) is 2.52. The molecule has 26 heavy (non-hydrogen) atoms. The summed E-state index contributed by atoms with van der Waals surface area (Å²) in [5, 5.41) is 3.04. The van der Waals surface area contributed by atoms with Gasteiger partial charge < -0.3 is 19.7 Å². The van der Waals surface area contributed by atoms with Crippen molar-refractivity contribution in [2.75, 3.05) is 26.2 Å². The molecule has 140 valence electrons. The number of nitrogens with one attached hydrogen (secondary N) is 1. The van der Waals surface area contributed by atoms with Crippen LogP contribution in [0.2, 0.25) is 0 Å². The third-order valence-electron chi connectivity index (χ3n) is 6.23. The molecule has 1 aromatic rings. The topological polar surface area (TPSA) is 74.6 Å². The molecule has 0 radical (unpaired) electrons. The Balaban J connectivity index is 1.62. The van der Waals surface area contributed by atoms with Gasteiger partial charge in [0.15, 0.2) is 0 Å². The first-order chi connectivity index (χ1) is 12.5. The second-order valence-electron chi connectivity index (χ2n) is 7.80. The van der Waals surface area contributed by atoms with E-state index in [1.54, 1.807) is 4.90 Å². The standard InChI is InChI=1S/C19H26N4O3/c1-21-9-4-5-14(21)17(25)23-12-7-15-19(13-23,8-6-16(24)20-15)18(26)22-10-2-3-11-22/h4-5,9,15H,2-3,6-8,10-13H2,1H3,(H,20,24)/t15-,19+/m1/s1. The third kappa shape index (κ3) is 2.70. The summed E-state index contributed by atoms with van der Waals surface area (Å²) in [7, 11) is 1.85. The summed E-state index contributed by atoms with van der Waals surface area (Å²) in [4.78, 5) is 42.1. The van der Waals surface area contributed by atoms with Crippen molar-refractivity contribution in [3.63, 3.8) is 0 Å². The Hall–Kier alpha value is -2.31. The number of aromatic nitrogens is 1. The lowest BCUT2D eigenvalue weighted by molar-refractivity contribution is -0.151. The predicted molar refractivity (Wildman–Crippen MR) is 95.3 cm³/mol. The zero-order chi connectivity index (χ0) is 18.3. The van der Waals surface area contributed by atoms with Crippen LogP contribution in [0.25, 0.3) is 0 Å². The van der Waals surface area contributed by atoms with Gasteiger partial charge in [-0.1, -0.05) is 0 Å². The van der Waals surface area contributed by atoms with Crippen LogP contribution < -0.4 is 5.32 Å². The van der Waals surface area contributed by atoms with Crippen molar-refractivity contribution >= 4 is 17.7 Å². The number of hydrogen-bond donors (Lipinski definition) is 1. The molecule has 0 aliphatic carbocycles. The Bertz CT molecular complexity index is 737. The van der Waals surface area contributed by atoms with E-state index in [9.17, 15) is 14.4 Å². The van der Waals surface area contributed by atoms with Crippen LogP contribution in [0.5, 0.6) is 0 Å². The van der Waals surface area contributed by atoms with Crippen molar-refractivity contribution in [1.82, 2.24) is 19.7 Å². The molecule has 0 bridgehead atoms. The summed E-state index contributed by atoms with van der Waals surface area (Å²) in [5.41, 5.74) is -0.0517. The largest absolute Gasteiger partial charge is 0.352 e. The highest BCUT2D eigenvalue weighted by Crippen LogP contribution is 2.40. The number of carbonyl (C=O) groups excluding carboxylic acids is 3. The number of rotatable bonds is 2. The molecule has 4 heterocycles. The summed E-state index contributed by atoms with van der Waals surface area (Å²) in [6, 6.07) is 3.49. The lowest BCUT2D eigenvalue weighted by Gasteiger charge is -2.50. The number of amides is 3. The second-order valence-corrected chi connectivity index (χ2v) is 7.80. The van der Waals surface area contributed by atoms with Gasteiger partial charge >= 0.3 is 0 Å². The quantitative estimate of drug-likeness (QED) is 0.848. The van der Waals surface area contributed by atoms with Crippen LogP contribution >= 0.6 is 0 Å². The van der Waals surface area contributed by atoms with Gasteiger partial charge in [0.05, 0.1) is 5.41 Å². The fourth-order valence-electron chi connectivity index (χ4n) is 4.74. The van der Waals surface area contributed by atoms with Gasteiger partial charge in [0.25, 0.3) is 5.91 Å². The van der Waals surface area contributed by atoms with Crippen LogP contribution in [-0.4, -0.2) is 64.3 Å². The monoisotopic (exact) mass is 358 g/mol. The fraction of sp³-hybridized carbons (Fsp3) is 0.632. The van der Waals surface area contributed by atoms with Gasteiger partial charge in [-0.15, -0.1) is 0 Å². The highest BCUT2D eigenvalue weighted by atomic mass is 16.2. The van der Waals surface area contributed by atoms with E-state index in [1.165, 1.54) is 0 Å². The molecule has 0 saturated carbocycles. The van der Waals surface area contributed by atoms with E-state index in [0.29, 0.717) is 38.0 Å². The summed E-state index contributed by atoms with van der Waals surface area (Å²) < 4.78 is 1.81. The minimum absolute atomic E-state index is 0.0158. The van der Waals surface area contributed by atoms with E-state index in [-0.39, 0.29) is 23.8 Å². The molecular weight excluding hydrogens is 332 g/mol. The van der Waals surface area contributed by atoms with E-state index in [0.717, 1.165) is 25.9 Å². The molecule has 1 N–H and O–H groups in total. The number of piperidine rings is 2. The van der Waals surface area contributed by atoms with E-state index in [1.807, 2.05) is 34.8 Å². The average molecular weight is 358 g/mol. The molecule has 3 amide bonds. The maximum atomic E-state index is 13.4. The zero-order valence-corrected chi connectivity index (χ0v) is 15.2. The maximum Gasteiger partial charge on any atom is 0.270 e. The summed E-state index contributed by atoms with van der Waals surface area (Å²) in [6.07, 6.45) is 5.42. The van der Waals surface area contributed by atoms with Crippen molar-refractivity contribution in [3.05, 3.63) is 24.0 Å². The molecule has 7 heteroatoms. The van der Waals surface area contributed by atoms with Gasteiger partial charge in [-0.3, -0.25) is 14.4 Å². The number of nitrogens with zero attached hydrogens (tertiary/aromatic N) is 3. The minimum atomic E-state index is -0.683. The number of likely N-dealkylation sites (tertiary alicyclic amines) is 2. The molecule has 1 aromatic heterocycles. The van der Waals surface area contributed by atoms with Crippen molar-refractivity contribution in [2.45, 2.75) is 38.1 Å². The Labute approximate surface area is 153 Å². The van der Waals surface area contributed by atoms with Crippen molar-refractivity contribution in [1.29, 1.82) is 0 Å². The minimum Gasteiger partial charge on any atom is -0.352 e. The Morgan fingerprint density at radius 3 is 2.65 bits per heavy atom. The molecule has 4 rings (SSSR count). The number of aryl methyl sites for hydroxylation is 1. The van der Waals surface area contributed by atoms with Crippen LogP contribution in [-0.2, 0) is 16.6 Å². The normalized spacial score (nSPS) is 28.7. The highest BCUT2D eigenvalue weighted by Gasteiger charge is 2.54. The van der Waals surface area contributed by atoms with E-state index in [2.05, 4.69) is 5.32 Å². The van der Waals surface area contributed by atoms with Gasteiger partial charge in [-0.2, -0.15) is 0 Å². The second kappa shape index (κ2) is 6.45. The van der Waals surface area contributed by atoms with Crippen LogP contribution in [0.1, 0.15) is 42.6 Å². The van der Waals surface area contributed by atoms with Gasteiger partial charge in [0.2, 0.25) is 11.8 Å². The van der Waals surface area contributed by atoms with Crippen LogP contribution in [0, 0.1) is 5.41 Å². The summed E-state index contributed by atoms with van der Waals surface area (Å²) >= 11 is 0. The number of hydrogen-bond acceptors (Lipinski definition) is 3. The molecule has 2 atom stereocenters. The maximum absolute atomic E-state index is 13.4. The van der Waals surface area contributed by atoms with Gasteiger partial charge in [-0.25, -0.2) is 0 Å². The number of fused-ring (bicyclic) bond motifs is 1. The summed E-state index contributed by atoms with van der Waals surface area (Å²) in [5.74, 6) is 0.0906. The molecule has 7 nitrogen and oxygen atoms in total. The zero-order valence-electron chi connectivity index (χ0n) is 15.2. The first kappa shape index (κ1) is 17.1. The molecule has 3 saturated heterocycles. The molecule has 3 aliphatic heterocycles. The van der Waals surface area contributed by atoms with Crippen LogP contribution in [0.15, 0.2) is 18.3 Å². The lowest BCUT2D eigenvalue weighted by Crippen LogP contribution is -2.67. The molecule has 0 spiro atoms. The lowest BCUT2D eigenvalue weighted by atomic mass is 9.69. The Morgan fingerprint density at radius 2 is 1.96 bits per heavy atom. The average Bonchev–Trinajstić information content (AvgIpc) is 3.31. The molecule has 0 unspecified atom stereocenters. The SMILES string of the molecule is Cn1cccc1C(=O)N1CC[C@H]2NC(=O)CC[C@]2(C(=O)N2CCCC2)C1. The molecule has 0 aromatic carbocycles. The van der Waals surface area contributed by atoms with Crippen LogP contribution in [0.3, 0.4) is 0 Å². The first-order valence-corrected chi connectivity index (χ1v) is 9.51. The van der Waals surface area contributed by atoms with E-state index in [4.69, 9.17) is 0 Å². The van der Waals surface area contributed by atoms with Gasteiger partial charge in [0, 0.05) is 51.9 Å². The smallest absolute Gasteiger partial charge is 0.270 e. The van der Waals surface area contributed by atoms with Gasteiger partial charge in [0.1, 0.15) is 5.69 Å². The molecule has 3 fully saturated rings. The third-order valence-corrected chi connectivity index (χ3v) is 6.23. The fourth-order valence-corrected chi connectivity index (χ4v) is 4.74. The predicted octanol–water partition coefficient (Wildman–Crippen LogP) is 0.758. The highest BCUT2D eigenvalue weighted by molar-refractivity contribution is 5.94. The van der Waals surface area contributed by atoms with E-state index >= 15 is 0 Å². The van der Waals surface area contributed by atoms with Crippen molar-refractivity contribution in [2.24, 2.45) is 12.5 Å². The number of carbonyl (C=O) groups is 3. The van der Waals surface area contributed by atoms with Crippen molar-refractivity contribution < 1.29 is 14.4 Å². The Kier molecular flexibility index (Phi) is 4.25. The Morgan fingerprint density at radius 1 is 1.19 bits per heavy atom. The molecule has 3 aliphatic rings. The molecular formula is C19H26N4O3. The van der Waals surface area contributed by atoms with Crippen LogP contribution in [0.4, 0.5) is 0 Å². The van der Waals surface area contributed by atoms with Crippen molar-refractivity contribution in [3.8, 4) is 0 Å². The first-order valence-electron chi connectivity index (χ1n) is 9.51. The van der Waals surface area contributed by atoms with Gasteiger partial charge in [-0.05, 0) is 37.8 Å². The van der Waals surface area contributed by atoms with E-state index < -0.39 is 5.41 Å².